The van der Waals surface area contributed by atoms with E-state index in [1.54, 1.807) is 7.11 Å². The second-order valence-electron chi connectivity index (χ2n) is 4.89. The second-order valence-corrected chi connectivity index (χ2v) is 5.81. The first-order valence-electron chi connectivity index (χ1n) is 6.60. The van der Waals surface area contributed by atoms with E-state index in [4.69, 9.17) is 4.74 Å². The Hall–Kier alpha value is -1.81. The molecule has 1 aromatic carbocycles. The SMILES string of the molecule is COc1cccc(CNC(=O)c2sccc2C(C)C)c1. The summed E-state index contributed by atoms with van der Waals surface area (Å²) in [7, 11) is 1.64. The third-order valence-corrected chi connectivity index (χ3v) is 4.04. The zero-order valence-electron chi connectivity index (χ0n) is 12.0. The fourth-order valence-electron chi connectivity index (χ4n) is 2.00. The molecule has 0 unspecified atom stereocenters. The number of nitrogens with one attached hydrogen (secondary N) is 1. The quantitative estimate of drug-likeness (QED) is 0.909. The van der Waals surface area contributed by atoms with Crippen LogP contribution in [0.4, 0.5) is 0 Å². The second kappa shape index (κ2) is 6.57. The van der Waals surface area contributed by atoms with E-state index in [1.807, 2.05) is 35.7 Å². The predicted octanol–water partition coefficient (Wildman–Crippen LogP) is 3.81. The number of rotatable bonds is 5. The van der Waals surface area contributed by atoms with Crippen molar-refractivity contribution in [2.45, 2.75) is 26.3 Å². The fraction of sp³-hybridized carbons (Fsp3) is 0.312. The van der Waals surface area contributed by atoms with Crippen molar-refractivity contribution in [2.75, 3.05) is 7.11 Å². The summed E-state index contributed by atoms with van der Waals surface area (Å²) in [4.78, 5) is 13.0. The van der Waals surface area contributed by atoms with Gasteiger partial charge in [-0.2, -0.15) is 0 Å². The molecule has 1 amide bonds. The molecule has 0 aliphatic heterocycles. The van der Waals surface area contributed by atoms with Crippen LogP contribution in [0.1, 0.15) is 40.6 Å². The van der Waals surface area contributed by atoms with Crippen LogP contribution < -0.4 is 10.1 Å². The van der Waals surface area contributed by atoms with Crippen LogP contribution in [0.15, 0.2) is 35.7 Å². The normalized spacial score (nSPS) is 10.6. The minimum Gasteiger partial charge on any atom is -0.497 e. The number of amides is 1. The summed E-state index contributed by atoms with van der Waals surface area (Å²) in [6, 6.07) is 9.74. The van der Waals surface area contributed by atoms with Gasteiger partial charge in [0.05, 0.1) is 12.0 Å². The fourth-order valence-corrected chi connectivity index (χ4v) is 2.97. The molecule has 4 heteroatoms. The molecule has 0 atom stereocenters. The molecule has 3 nitrogen and oxygen atoms in total. The highest BCUT2D eigenvalue weighted by Gasteiger charge is 2.15. The van der Waals surface area contributed by atoms with E-state index in [-0.39, 0.29) is 5.91 Å². The number of hydrogen-bond donors (Lipinski definition) is 1. The molecule has 2 rings (SSSR count). The van der Waals surface area contributed by atoms with E-state index in [2.05, 4.69) is 19.2 Å². The van der Waals surface area contributed by atoms with Gasteiger partial charge in [-0.25, -0.2) is 0 Å². The van der Waals surface area contributed by atoms with Crippen molar-refractivity contribution < 1.29 is 9.53 Å². The Kier molecular flexibility index (Phi) is 4.79. The Labute approximate surface area is 123 Å². The van der Waals surface area contributed by atoms with Crippen molar-refractivity contribution in [1.29, 1.82) is 0 Å². The van der Waals surface area contributed by atoms with Gasteiger partial charge >= 0.3 is 0 Å². The van der Waals surface area contributed by atoms with Crippen LogP contribution >= 0.6 is 11.3 Å². The molecule has 106 valence electrons. The lowest BCUT2D eigenvalue weighted by Crippen LogP contribution is -2.23. The van der Waals surface area contributed by atoms with Crippen LogP contribution in [0.2, 0.25) is 0 Å². The van der Waals surface area contributed by atoms with Crippen molar-refractivity contribution in [3.05, 3.63) is 51.7 Å². The zero-order valence-corrected chi connectivity index (χ0v) is 12.8. The van der Waals surface area contributed by atoms with E-state index < -0.39 is 0 Å². The first kappa shape index (κ1) is 14.6. The average molecular weight is 289 g/mol. The Bertz CT molecular complexity index is 590. The van der Waals surface area contributed by atoms with Gasteiger partial charge in [0.1, 0.15) is 5.75 Å². The van der Waals surface area contributed by atoms with Crippen LogP contribution in [-0.4, -0.2) is 13.0 Å². The first-order chi connectivity index (χ1) is 9.61. The highest BCUT2D eigenvalue weighted by atomic mass is 32.1. The van der Waals surface area contributed by atoms with E-state index >= 15 is 0 Å². The maximum atomic E-state index is 12.2. The summed E-state index contributed by atoms with van der Waals surface area (Å²) < 4.78 is 5.17. The lowest BCUT2D eigenvalue weighted by atomic mass is 10.0. The molecule has 0 saturated heterocycles. The van der Waals surface area contributed by atoms with Gasteiger partial charge in [-0.1, -0.05) is 26.0 Å². The lowest BCUT2D eigenvalue weighted by molar-refractivity contribution is 0.0954. The van der Waals surface area contributed by atoms with Gasteiger partial charge in [0.15, 0.2) is 0 Å². The Morgan fingerprint density at radius 2 is 2.15 bits per heavy atom. The Morgan fingerprint density at radius 1 is 1.35 bits per heavy atom. The smallest absolute Gasteiger partial charge is 0.261 e. The van der Waals surface area contributed by atoms with Crippen molar-refractivity contribution in [3.8, 4) is 5.75 Å². The molecule has 1 aromatic heterocycles. The standard InChI is InChI=1S/C16H19NO2S/c1-11(2)14-7-8-20-15(14)16(18)17-10-12-5-4-6-13(9-12)19-3/h4-9,11H,10H2,1-3H3,(H,17,18). The van der Waals surface area contributed by atoms with Crippen molar-refractivity contribution >= 4 is 17.2 Å². The maximum absolute atomic E-state index is 12.2. The Balaban J connectivity index is 2.03. The van der Waals surface area contributed by atoms with Gasteiger partial charge in [-0.15, -0.1) is 11.3 Å². The van der Waals surface area contributed by atoms with Crippen molar-refractivity contribution in [1.82, 2.24) is 5.32 Å². The van der Waals surface area contributed by atoms with Gasteiger partial charge in [0, 0.05) is 6.54 Å². The molecule has 0 aliphatic carbocycles. The number of methoxy groups -OCH3 is 1. The molecule has 0 aliphatic rings. The van der Waals surface area contributed by atoms with E-state index in [9.17, 15) is 4.79 Å². The van der Waals surface area contributed by atoms with E-state index in [0.717, 1.165) is 21.8 Å². The first-order valence-corrected chi connectivity index (χ1v) is 7.48. The summed E-state index contributed by atoms with van der Waals surface area (Å²) in [6.45, 7) is 4.70. The summed E-state index contributed by atoms with van der Waals surface area (Å²) in [5.41, 5.74) is 2.14. The molecule has 0 spiro atoms. The van der Waals surface area contributed by atoms with Gasteiger partial charge in [0.2, 0.25) is 0 Å². The molecule has 20 heavy (non-hydrogen) atoms. The number of carbonyl (C=O) groups excluding carboxylic acids is 1. The van der Waals surface area contributed by atoms with Gasteiger partial charge in [-0.3, -0.25) is 4.79 Å². The summed E-state index contributed by atoms with van der Waals surface area (Å²) in [5.74, 6) is 1.15. The number of hydrogen-bond acceptors (Lipinski definition) is 3. The van der Waals surface area contributed by atoms with Crippen molar-refractivity contribution in [2.24, 2.45) is 0 Å². The molecular formula is C16H19NO2S. The predicted molar refractivity (Wildman–Crippen MR) is 82.6 cm³/mol. The lowest BCUT2D eigenvalue weighted by Gasteiger charge is -2.09. The van der Waals surface area contributed by atoms with Crippen LogP contribution in [0.5, 0.6) is 5.75 Å². The van der Waals surface area contributed by atoms with E-state index in [1.165, 1.54) is 11.3 Å². The molecule has 0 fully saturated rings. The molecule has 1 N–H and O–H groups in total. The van der Waals surface area contributed by atoms with Crippen LogP contribution in [0.25, 0.3) is 0 Å². The van der Waals surface area contributed by atoms with Gasteiger partial charge < -0.3 is 10.1 Å². The molecule has 2 aromatic rings. The highest BCUT2D eigenvalue weighted by molar-refractivity contribution is 7.12. The Morgan fingerprint density at radius 3 is 2.85 bits per heavy atom. The molecule has 0 saturated carbocycles. The van der Waals surface area contributed by atoms with Crippen LogP contribution in [0, 0.1) is 0 Å². The third kappa shape index (κ3) is 3.39. The highest BCUT2D eigenvalue weighted by Crippen LogP contribution is 2.24. The third-order valence-electron chi connectivity index (χ3n) is 3.11. The maximum Gasteiger partial charge on any atom is 0.261 e. The minimum absolute atomic E-state index is 0.00785. The van der Waals surface area contributed by atoms with Gasteiger partial charge in [-0.05, 0) is 40.6 Å². The number of ether oxygens (including phenoxy) is 1. The van der Waals surface area contributed by atoms with Crippen LogP contribution in [0.3, 0.4) is 0 Å². The summed E-state index contributed by atoms with van der Waals surface area (Å²) in [5, 5.41) is 4.93. The number of carbonyl (C=O) groups is 1. The number of thiophene rings is 1. The summed E-state index contributed by atoms with van der Waals surface area (Å²) in [6.07, 6.45) is 0. The van der Waals surface area contributed by atoms with Crippen LogP contribution in [-0.2, 0) is 6.54 Å². The minimum atomic E-state index is -0.00785. The largest absolute Gasteiger partial charge is 0.497 e. The molecule has 0 radical (unpaired) electrons. The average Bonchev–Trinajstić information content (AvgIpc) is 2.94. The van der Waals surface area contributed by atoms with E-state index in [0.29, 0.717) is 12.5 Å². The summed E-state index contributed by atoms with van der Waals surface area (Å²) >= 11 is 1.49. The zero-order chi connectivity index (χ0) is 14.5. The molecule has 1 heterocycles. The van der Waals surface area contributed by atoms with Gasteiger partial charge in [0.25, 0.3) is 5.91 Å². The molecular weight excluding hydrogens is 270 g/mol. The molecule has 0 bridgehead atoms. The number of benzene rings is 1. The topological polar surface area (TPSA) is 38.3 Å². The van der Waals surface area contributed by atoms with Crippen molar-refractivity contribution in [3.63, 3.8) is 0 Å². The monoisotopic (exact) mass is 289 g/mol.